The smallest absolute Gasteiger partial charge is 0.331 e. The van der Waals surface area contributed by atoms with Gasteiger partial charge in [-0.15, -0.1) is 0 Å². The number of hydrogen-bond acceptors (Lipinski definition) is 10. The minimum Gasteiger partial charge on any atom is -0.478 e. The molecule has 0 bridgehead atoms. The molecule has 5 amide bonds. The number of aliphatic carboxylic acids is 1. The van der Waals surface area contributed by atoms with Crippen molar-refractivity contribution in [1.82, 2.24) is 20.9 Å². The Hall–Kier alpha value is -7.90. The number of unbranched alkanes of at least 4 members (excludes halogenated alkanes) is 1. The molecule has 16 nitrogen and oxygen atoms in total. The first-order chi connectivity index (χ1) is 38.6. The van der Waals surface area contributed by atoms with Gasteiger partial charge < -0.3 is 40.9 Å². The summed E-state index contributed by atoms with van der Waals surface area (Å²) >= 11 is 0. The summed E-state index contributed by atoms with van der Waals surface area (Å²) < 4.78 is 5.65. The molecule has 0 aliphatic carbocycles. The molecule has 5 rings (SSSR count). The van der Waals surface area contributed by atoms with Gasteiger partial charge in [0.1, 0.15) is 12.6 Å². The summed E-state index contributed by atoms with van der Waals surface area (Å²) in [6.07, 6.45) is 2.72. The number of carboxylic acid groups (broad SMARTS) is 1. The van der Waals surface area contributed by atoms with Crippen LogP contribution in [0.3, 0.4) is 0 Å². The highest BCUT2D eigenvalue weighted by molar-refractivity contribution is 5.98. The number of rotatable bonds is 26. The van der Waals surface area contributed by atoms with E-state index in [1.54, 1.807) is 62.3 Å². The molecule has 1 aliphatic rings. The maximum Gasteiger partial charge on any atom is 0.331 e. The molecule has 4 aromatic rings. The quantitative estimate of drug-likeness (QED) is 0.0173. The van der Waals surface area contributed by atoms with E-state index < -0.39 is 58.8 Å². The third-order valence-corrected chi connectivity index (χ3v) is 15.1. The zero-order valence-electron chi connectivity index (χ0n) is 50.0. The van der Waals surface area contributed by atoms with E-state index in [2.05, 4.69) is 33.1 Å². The Kier molecular flexibility index (Phi) is 23.1. The first-order valence-electron chi connectivity index (χ1n) is 28.2. The van der Waals surface area contributed by atoms with Crippen molar-refractivity contribution in [3.63, 3.8) is 0 Å². The Bertz CT molecular complexity index is 3050. The van der Waals surface area contributed by atoms with Gasteiger partial charge in [-0.2, -0.15) is 0 Å². The van der Waals surface area contributed by atoms with Gasteiger partial charge in [0.05, 0.1) is 36.8 Å². The molecule has 0 unspecified atom stereocenters. The molecule has 0 aromatic heterocycles. The van der Waals surface area contributed by atoms with Crippen molar-refractivity contribution in [3.05, 3.63) is 142 Å². The van der Waals surface area contributed by atoms with Gasteiger partial charge >= 0.3 is 11.9 Å². The van der Waals surface area contributed by atoms with Crippen molar-refractivity contribution < 1.29 is 48.2 Å². The average molecular weight is 1120 g/mol. The number of ketones is 1. The summed E-state index contributed by atoms with van der Waals surface area (Å²) in [5.74, 6) is 2.09. The van der Waals surface area contributed by atoms with Crippen LogP contribution in [-0.4, -0.2) is 95.5 Å². The molecule has 5 atom stereocenters. The van der Waals surface area contributed by atoms with Crippen LogP contribution in [-0.2, 0) is 68.1 Å². The van der Waals surface area contributed by atoms with E-state index in [0.29, 0.717) is 36.2 Å². The van der Waals surface area contributed by atoms with Crippen molar-refractivity contribution in [2.75, 3.05) is 24.3 Å². The number of para-hydroxylation sites is 1. The Morgan fingerprint density at radius 3 is 2.01 bits per heavy atom. The number of Topliss-reactive ketones (excluding diaryl/α,β-unsaturated/α-hetero) is 1. The summed E-state index contributed by atoms with van der Waals surface area (Å²) in [4.78, 5) is 110. The van der Waals surface area contributed by atoms with Gasteiger partial charge in [-0.25, -0.2) is 4.79 Å². The van der Waals surface area contributed by atoms with Crippen LogP contribution in [0.25, 0.3) is 0 Å². The zero-order valence-corrected chi connectivity index (χ0v) is 50.0. The Morgan fingerprint density at radius 2 is 1.38 bits per heavy atom. The second-order valence-corrected chi connectivity index (χ2v) is 23.8. The fraction of sp³-hybridized carbons (Fsp3) is 0.455. The van der Waals surface area contributed by atoms with Crippen molar-refractivity contribution in [3.8, 4) is 11.8 Å². The van der Waals surface area contributed by atoms with Crippen LogP contribution in [0.5, 0.6) is 0 Å². The molecule has 0 saturated heterocycles. The molecule has 82 heavy (non-hydrogen) atoms. The molecule has 1 heterocycles. The predicted octanol–water partition coefficient (Wildman–Crippen LogP) is 9.06. The lowest BCUT2D eigenvalue weighted by Gasteiger charge is -2.40. The molecule has 0 fully saturated rings. The summed E-state index contributed by atoms with van der Waals surface area (Å²) in [6.45, 7) is 20.4. The van der Waals surface area contributed by atoms with Gasteiger partial charge in [0.25, 0.3) is 0 Å². The molecule has 0 saturated carbocycles. The fourth-order valence-electron chi connectivity index (χ4n) is 9.99. The number of carboxylic acids is 1. The minimum absolute atomic E-state index is 0.0269. The number of benzene rings is 4. The van der Waals surface area contributed by atoms with Crippen molar-refractivity contribution >= 4 is 58.6 Å². The van der Waals surface area contributed by atoms with Crippen molar-refractivity contribution in [2.45, 2.75) is 157 Å². The summed E-state index contributed by atoms with van der Waals surface area (Å²) in [7, 11) is 3.29. The Labute approximate surface area is 484 Å². The van der Waals surface area contributed by atoms with Gasteiger partial charge in [0.2, 0.25) is 29.5 Å². The standard InChI is InChI=1S/C66H84N6O10/c1-41(2)53(35-44(6)64(80)81)71(13)63(79)60(65(7,8)9)70-62(78)59(67-12)66(10,11)50-25-20-21-46(37-50)38-57(76)82-40-45-29-33-51(34-30-45)68-61(77)43(5)36-54(73)58(42(3)4)69-55(74)27-18-19-28-56(75)72-39-49-24-15-14-22-47(49)31-32-48-23-16-17-26-52(48)72/h14-17,20-26,29-30,33-35,37,41-43,53,58-60,67H,18-19,27-28,36,38-40H2,1-13H3,(H,68,77)(H,69,74)(H,70,78)(H,80,81)/b44-35+/t43-,53-,58+,59+,60-/m1/s1. The number of hydrogen-bond donors (Lipinski definition) is 5. The predicted molar refractivity (Wildman–Crippen MR) is 319 cm³/mol. The average Bonchev–Trinajstić information content (AvgIpc) is 3.49. The summed E-state index contributed by atoms with van der Waals surface area (Å²) in [5.41, 5.74) is 4.54. The molecule has 5 N–H and O–H groups in total. The van der Waals surface area contributed by atoms with Crippen LogP contribution < -0.4 is 26.2 Å². The maximum absolute atomic E-state index is 14.2. The van der Waals surface area contributed by atoms with E-state index in [4.69, 9.17) is 4.74 Å². The number of ether oxygens (including phenoxy) is 1. The lowest BCUT2D eigenvalue weighted by atomic mass is 9.76. The van der Waals surface area contributed by atoms with E-state index in [9.17, 15) is 43.5 Å². The Morgan fingerprint density at radius 1 is 0.744 bits per heavy atom. The molecular formula is C66H84N6O10. The van der Waals surface area contributed by atoms with Gasteiger partial charge in [-0.1, -0.05) is 154 Å². The lowest BCUT2D eigenvalue weighted by molar-refractivity contribution is -0.144. The largest absolute Gasteiger partial charge is 0.478 e. The second-order valence-electron chi connectivity index (χ2n) is 23.8. The second kappa shape index (κ2) is 29.2. The van der Waals surface area contributed by atoms with Crippen LogP contribution in [0.2, 0.25) is 0 Å². The molecule has 16 heteroatoms. The minimum atomic E-state index is -1.08. The van der Waals surface area contributed by atoms with Gasteiger partial charge in [0.15, 0.2) is 5.78 Å². The maximum atomic E-state index is 14.2. The topological polar surface area (TPSA) is 221 Å². The van der Waals surface area contributed by atoms with Gasteiger partial charge in [0, 0.05) is 60.0 Å². The van der Waals surface area contributed by atoms with Crippen LogP contribution in [0.4, 0.5) is 11.4 Å². The SMILES string of the molecule is CN[C@@H](C(=O)N[C@H](C(=O)N(C)[C@H](/C=C(\C)C(=O)O)C(C)C)C(C)(C)C)C(C)(C)c1cccc(CC(=O)OCc2ccc(NC(=O)[C@H](C)CC(=O)[C@@H](NC(=O)CCCCC(=O)N3Cc4ccccc4C#Cc4ccccc43)C(C)C)cc2)c1. The summed E-state index contributed by atoms with van der Waals surface area (Å²) in [6, 6.07) is 26.5. The van der Waals surface area contributed by atoms with Crippen LogP contribution in [0, 0.1) is 35.0 Å². The number of nitrogens with one attached hydrogen (secondary N) is 4. The highest BCUT2D eigenvalue weighted by atomic mass is 16.5. The Balaban J connectivity index is 1.08. The van der Waals surface area contributed by atoms with E-state index >= 15 is 0 Å². The molecule has 0 radical (unpaired) electrons. The van der Waals surface area contributed by atoms with Crippen molar-refractivity contribution in [1.29, 1.82) is 0 Å². The van der Waals surface area contributed by atoms with E-state index in [1.165, 1.54) is 11.8 Å². The lowest BCUT2D eigenvalue weighted by Crippen LogP contribution is -2.61. The first-order valence-corrected chi connectivity index (χ1v) is 28.2. The van der Waals surface area contributed by atoms with E-state index in [-0.39, 0.29) is 79.1 Å². The third kappa shape index (κ3) is 17.8. The number of fused-ring (bicyclic) bond motifs is 2. The number of likely N-dealkylation sites (N-methyl/N-ethyl adjacent to an activating group) is 2. The van der Waals surface area contributed by atoms with Crippen LogP contribution in [0.1, 0.15) is 142 Å². The van der Waals surface area contributed by atoms with Crippen LogP contribution in [0.15, 0.2) is 109 Å². The summed E-state index contributed by atoms with van der Waals surface area (Å²) in [5, 5.41) is 21.4. The van der Waals surface area contributed by atoms with Gasteiger partial charge in [-0.05, 0) is 96.6 Å². The number of carbonyl (C=O) groups is 8. The monoisotopic (exact) mass is 1120 g/mol. The number of nitrogens with zero attached hydrogens (tertiary/aromatic N) is 2. The van der Waals surface area contributed by atoms with E-state index in [0.717, 1.165) is 27.9 Å². The molecule has 0 spiro atoms. The fourth-order valence-corrected chi connectivity index (χ4v) is 9.99. The molecule has 1 aliphatic heterocycles. The third-order valence-electron chi connectivity index (χ3n) is 15.1. The highest BCUT2D eigenvalue weighted by Gasteiger charge is 2.42. The highest BCUT2D eigenvalue weighted by Crippen LogP contribution is 2.31. The number of anilines is 2. The van der Waals surface area contributed by atoms with Crippen molar-refractivity contribution in [2.24, 2.45) is 23.2 Å². The zero-order chi connectivity index (χ0) is 60.6. The van der Waals surface area contributed by atoms with Gasteiger partial charge in [-0.3, -0.25) is 33.6 Å². The molecular weight excluding hydrogens is 1040 g/mol. The van der Waals surface area contributed by atoms with E-state index in [1.807, 2.05) is 129 Å². The molecule has 438 valence electrons. The normalized spacial score (nSPS) is 14.2. The van der Waals surface area contributed by atoms with Crippen LogP contribution >= 0.6 is 0 Å². The molecule has 4 aromatic carbocycles. The number of amides is 5. The first kappa shape index (κ1) is 64.9. The number of carbonyl (C=O) groups excluding carboxylic acids is 7. The number of esters is 1.